The van der Waals surface area contributed by atoms with E-state index in [1.165, 1.54) is 0 Å². The summed E-state index contributed by atoms with van der Waals surface area (Å²) < 4.78 is 11.6. The molecular weight excluding hydrogens is 300 g/mol. The average molecular weight is 328 g/mol. The summed E-state index contributed by atoms with van der Waals surface area (Å²) in [5.41, 5.74) is 1.93. The molecule has 2 rings (SSSR count). The van der Waals surface area contributed by atoms with E-state index in [2.05, 4.69) is 13.0 Å². The molecule has 1 saturated carbocycles. The van der Waals surface area contributed by atoms with Gasteiger partial charge in [0.2, 0.25) is 0 Å². The lowest BCUT2D eigenvalue weighted by atomic mass is 9.98. The Bertz CT molecular complexity index is 657. The zero-order chi connectivity index (χ0) is 17.7. The fraction of sp³-hybridized carbons (Fsp3) is 0.476. The highest BCUT2D eigenvalue weighted by molar-refractivity contribution is 6.00. The summed E-state index contributed by atoms with van der Waals surface area (Å²) in [5.74, 6) is 2.03. The summed E-state index contributed by atoms with van der Waals surface area (Å²) in [6, 6.07) is 5.98. The molecule has 1 fully saturated rings. The Kier molecular flexibility index (Phi) is 5.87. The van der Waals surface area contributed by atoms with Crippen molar-refractivity contribution in [3.63, 3.8) is 0 Å². The number of allylic oxidation sites excluding steroid dienone is 2. The summed E-state index contributed by atoms with van der Waals surface area (Å²) in [7, 11) is 1.67. The fourth-order valence-electron chi connectivity index (χ4n) is 2.94. The minimum absolute atomic E-state index is 0.0493. The summed E-state index contributed by atoms with van der Waals surface area (Å²) in [6.07, 6.45) is 8.46. The van der Waals surface area contributed by atoms with E-state index in [-0.39, 0.29) is 11.5 Å². The lowest BCUT2D eigenvalue weighted by Crippen LogP contribution is -2.17. The maximum Gasteiger partial charge on any atom is 0.140 e. The molecular formula is C21H28O3. The van der Waals surface area contributed by atoms with Crippen LogP contribution in [0.2, 0.25) is 0 Å². The zero-order valence-electron chi connectivity index (χ0n) is 15.4. The molecule has 0 saturated heterocycles. The molecule has 2 atom stereocenters. The summed E-state index contributed by atoms with van der Waals surface area (Å²) in [5, 5.41) is 0. The molecule has 0 N–H and O–H groups in total. The van der Waals surface area contributed by atoms with Crippen molar-refractivity contribution in [2.24, 2.45) is 5.41 Å². The van der Waals surface area contributed by atoms with E-state index in [0.29, 0.717) is 12.2 Å². The number of hydrogen-bond donors (Lipinski definition) is 0. The number of ketones is 1. The van der Waals surface area contributed by atoms with Gasteiger partial charge in [-0.25, -0.2) is 0 Å². The number of benzene rings is 1. The standard InChI is InChI=1S/C21H28O3/c1-6-9-15-12-17(23-5)10-11-18(15)19(8-3)24-16(7-2)13-21(4)14-20(21)22/h6,8-12,16H,7,13-14H2,1-5H3/b9-6-,19-8-/t16-,21?/m0/s1. The molecule has 0 aromatic heterocycles. The molecule has 1 unspecified atom stereocenters. The van der Waals surface area contributed by atoms with Crippen LogP contribution in [-0.4, -0.2) is 19.0 Å². The van der Waals surface area contributed by atoms with Gasteiger partial charge in [0.1, 0.15) is 17.3 Å². The highest BCUT2D eigenvalue weighted by atomic mass is 16.5. The quantitative estimate of drug-likeness (QED) is 0.611. The van der Waals surface area contributed by atoms with Gasteiger partial charge in [0.25, 0.3) is 0 Å². The molecule has 0 spiro atoms. The van der Waals surface area contributed by atoms with Crippen molar-refractivity contribution >= 4 is 17.6 Å². The number of ether oxygens (including phenoxy) is 2. The molecule has 0 radical (unpaired) electrons. The van der Waals surface area contributed by atoms with Gasteiger partial charge in [0, 0.05) is 17.4 Å². The Morgan fingerprint density at radius 3 is 2.58 bits per heavy atom. The molecule has 1 aliphatic carbocycles. The lowest BCUT2D eigenvalue weighted by Gasteiger charge is -2.23. The van der Waals surface area contributed by atoms with Crippen molar-refractivity contribution in [2.75, 3.05) is 7.11 Å². The highest BCUT2D eigenvalue weighted by Crippen LogP contribution is 2.46. The molecule has 1 aliphatic rings. The fourth-order valence-corrected chi connectivity index (χ4v) is 2.94. The van der Waals surface area contributed by atoms with E-state index < -0.39 is 0 Å². The van der Waals surface area contributed by atoms with Crippen LogP contribution in [-0.2, 0) is 9.53 Å². The molecule has 1 aromatic rings. The molecule has 3 nitrogen and oxygen atoms in total. The third-order valence-corrected chi connectivity index (χ3v) is 4.66. The van der Waals surface area contributed by atoms with E-state index in [0.717, 1.165) is 35.5 Å². The van der Waals surface area contributed by atoms with E-state index >= 15 is 0 Å². The first-order valence-corrected chi connectivity index (χ1v) is 8.64. The third-order valence-electron chi connectivity index (χ3n) is 4.66. The molecule has 0 aliphatic heterocycles. The number of rotatable bonds is 8. The molecule has 3 heteroatoms. The van der Waals surface area contributed by atoms with Crippen LogP contribution in [0.4, 0.5) is 0 Å². The van der Waals surface area contributed by atoms with Gasteiger partial charge in [-0.2, -0.15) is 0 Å². The number of methoxy groups -OCH3 is 1. The van der Waals surface area contributed by atoms with Crippen LogP contribution in [0.15, 0.2) is 30.4 Å². The van der Waals surface area contributed by atoms with Crippen LogP contribution in [0.1, 0.15) is 58.1 Å². The molecule has 24 heavy (non-hydrogen) atoms. The maximum absolute atomic E-state index is 11.6. The highest BCUT2D eigenvalue weighted by Gasteiger charge is 2.50. The maximum atomic E-state index is 11.6. The van der Waals surface area contributed by atoms with Gasteiger partial charge >= 0.3 is 0 Å². The van der Waals surface area contributed by atoms with Crippen molar-refractivity contribution in [1.82, 2.24) is 0 Å². The van der Waals surface area contributed by atoms with Gasteiger partial charge in [-0.1, -0.05) is 26.0 Å². The summed E-state index contributed by atoms with van der Waals surface area (Å²) in [6.45, 7) is 8.12. The minimum Gasteiger partial charge on any atom is -0.497 e. The molecule has 0 bridgehead atoms. The van der Waals surface area contributed by atoms with Gasteiger partial charge in [0.15, 0.2) is 0 Å². The zero-order valence-corrected chi connectivity index (χ0v) is 15.4. The average Bonchev–Trinajstić information content (AvgIpc) is 3.18. The Morgan fingerprint density at radius 2 is 2.08 bits per heavy atom. The Labute approximate surface area is 145 Å². The molecule has 0 amide bonds. The van der Waals surface area contributed by atoms with Crippen molar-refractivity contribution < 1.29 is 14.3 Å². The molecule has 130 valence electrons. The smallest absolute Gasteiger partial charge is 0.140 e. The van der Waals surface area contributed by atoms with E-state index in [4.69, 9.17) is 9.47 Å². The van der Waals surface area contributed by atoms with Crippen molar-refractivity contribution in [1.29, 1.82) is 0 Å². The van der Waals surface area contributed by atoms with Gasteiger partial charge in [-0.15, -0.1) is 0 Å². The SMILES string of the molecule is C/C=C\c1cc(OC)ccc1/C(=C/C)O[C@@H](CC)CC1(C)CC1=O. The van der Waals surface area contributed by atoms with E-state index in [9.17, 15) is 4.79 Å². The summed E-state index contributed by atoms with van der Waals surface area (Å²) in [4.78, 5) is 11.6. The second kappa shape index (κ2) is 7.69. The van der Waals surface area contributed by atoms with Gasteiger partial charge < -0.3 is 9.47 Å². The topological polar surface area (TPSA) is 35.5 Å². The Hall–Kier alpha value is -2.03. The lowest BCUT2D eigenvalue weighted by molar-refractivity contribution is -0.113. The van der Waals surface area contributed by atoms with Crippen LogP contribution in [0, 0.1) is 5.41 Å². The first-order valence-electron chi connectivity index (χ1n) is 8.64. The van der Waals surface area contributed by atoms with Crippen molar-refractivity contribution in [3.05, 3.63) is 41.5 Å². The first kappa shape index (κ1) is 18.3. The summed E-state index contributed by atoms with van der Waals surface area (Å²) >= 11 is 0. The van der Waals surface area contributed by atoms with Gasteiger partial charge in [-0.05, 0) is 56.5 Å². The predicted molar refractivity (Wildman–Crippen MR) is 98.9 cm³/mol. The Morgan fingerprint density at radius 1 is 1.38 bits per heavy atom. The van der Waals surface area contributed by atoms with E-state index in [1.54, 1.807) is 7.11 Å². The van der Waals surface area contributed by atoms with Crippen LogP contribution >= 0.6 is 0 Å². The monoisotopic (exact) mass is 328 g/mol. The van der Waals surface area contributed by atoms with Gasteiger partial charge in [0.05, 0.1) is 13.2 Å². The normalized spacial score (nSPS) is 21.9. The largest absolute Gasteiger partial charge is 0.497 e. The minimum atomic E-state index is -0.175. The van der Waals surface area contributed by atoms with Crippen LogP contribution < -0.4 is 4.74 Å². The number of carbonyl (C=O) groups excluding carboxylic acids is 1. The second-order valence-corrected chi connectivity index (χ2v) is 6.62. The number of Topliss-reactive ketones (excluding diaryl/α,β-unsaturated/α-hetero) is 1. The van der Waals surface area contributed by atoms with Crippen molar-refractivity contribution in [2.45, 2.75) is 53.1 Å². The first-order chi connectivity index (χ1) is 11.5. The molecule has 1 aromatic carbocycles. The van der Waals surface area contributed by atoms with E-state index in [1.807, 2.05) is 51.1 Å². The van der Waals surface area contributed by atoms with Gasteiger partial charge in [-0.3, -0.25) is 4.79 Å². The van der Waals surface area contributed by atoms with Crippen LogP contribution in [0.25, 0.3) is 11.8 Å². The van der Waals surface area contributed by atoms with Crippen LogP contribution in [0.3, 0.4) is 0 Å². The Balaban J connectivity index is 2.23. The number of carbonyl (C=O) groups is 1. The number of hydrogen-bond acceptors (Lipinski definition) is 3. The third kappa shape index (κ3) is 4.08. The molecule has 0 heterocycles. The predicted octanol–water partition coefficient (Wildman–Crippen LogP) is 5.25. The second-order valence-electron chi connectivity index (χ2n) is 6.62. The van der Waals surface area contributed by atoms with Crippen LogP contribution in [0.5, 0.6) is 5.75 Å². The van der Waals surface area contributed by atoms with Crippen molar-refractivity contribution in [3.8, 4) is 5.75 Å².